The normalized spacial score (nSPS) is 29.7. The zero-order chi connectivity index (χ0) is 16.0. The maximum Gasteiger partial charge on any atom is 0.310 e. The second-order valence-electron chi connectivity index (χ2n) is 5.10. The minimum atomic E-state index is -1.08. The summed E-state index contributed by atoms with van der Waals surface area (Å²) >= 11 is 6.64. The van der Waals surface area contributed by atoms with Crippen LogP contribution in [0.15, 0.2) is 33.2 Å². The molecule has 8 heteroatoms. The summed E-state index contributed by atoms with van der Waals surface area (Å²) < 4.78 is 6.90. The van der Waals surface area contributed by atoms with Crippen molar-refractivity contribution in [2.75, 3.05) is 5.32 Å². The lowest BCUT2D eigenvalue weighted by atomic mass is 9.82. The first-order valence-corrected chi connectivity index (χ1v) is 8.02. The van der Waals surface area contributed by atoms with Gasteiger partial charge in [-0.05, 0) is 12.1 Å². The molecule has 0 spiro atoms. The van der Waals surface area contributed by atoms with E-state index in [2.05, 4.69) is 37.2 Å². The molecule has 2 aliphatic rings. The molecule has 3 N–H and O–H groups in total. The number of halogens is 2. The number of aliphatic carboxylic acids is 1. The standard InChI is InChI=1S/C14H11Br2NO5/c15-9-10(16)12-8(14(20)21)7(11(9)22-12)13(19)17-5-2-1-3-6(18)4-5/h1-4,7-8,11-12,18H,(H,17,19)(H,20,21)/t7-,8-,11-,12-/m1/s1. The SMILES string of the molecule is O=C(O)[C@@H]1[C@@H](C(=O)Nc2cccc(O)c2)[C@H]2O[C@H]1C(Br)=C2Br. The summed E-state index contributed by atoms with van der Waals surface area (Å²) in [7, 11) is 0. The minimum Gasteiger partial charge on any atom is -0.508 e. The number of benzene rings is 1. The van der Waals surface area contributed by atoms with Crippen molar-refractivity contribution in [2.24, 2.45) is 11.8 Å². The molecule has 22 heavy (non-hydrogen) atoms. The number of anilines is 1. The van der Waals surface area contributed by atoms with E-state index in [1.165, 1.54) is 12.1 Å². The van der Waals surface area contributed by atoms with Crippen LogP contribution in [0.2, 0.25) is 0 Å². The highest BCUT2D eigenvalue weighted by molar-refractivity contribution is 9.14. The van der Waals surface area contributed by atoms with Crippen LogP contribution >= 0.6 is 31.9 Å². The van der Waals surface area contributed by atoms with Crippen molar-refractivity contribution in [1.29, 1.82) is 0 Å². The maximum atomic E-state index is 12.5. The fourth-order valence-corrected chi connectivity index (χ4v) is 4.04. The Morgan fingerprint density at radius 3 is 2.36 bits per heavy atom. The van der Waals surface area contributed by atoms with Crippen LogP contribution in [0.3, 0.4) is 0 Å². The maximum absolute atomic E-state index is 12.5. The largest absolute Gasteiger partial charge is 0.508 e. The Hall–Kier alpha value is -1.38. The molecule has 2 heterocycles. The van der Waals surface area contributed by atoms with Crippen LogP contribution < -0.4 is 5.32 Å². The van der Waals surface area contributed by atoms with Gasteiger partial charge in [0.2, 0.25) is 5.91 Å². The Bertz CT molecular complexity index is 690. The molecule has 0 aromatic heterocycles. The quantitative estimate of drug-likeness (QED) is 0.681. The third-order valence-corrected chi connectivity index (χ3v) is 6.05. The second-order valence-corrected chi connectivity index (χ2v) is 6.81. The van der Waals surface area contributed by atoms with E-state index < -0.39 is 35.9 Å². The Balaban J connectivity index is 1.87. The second kappa shape index (κ2) is 5.68. The zero-order valence-electron chi connectivity index (χ0n) is 11.0. The van der Waals surface area contributed by atoms with Gasteiger partial charge in [0.25, 0.3) is 0 Å². The predicted octanol–water partition coefficient (Wildman–Crippen LogP) is 2.43. The van der Waals surface area contributed by atoms with Gasteiger partial charge in [0.05, 0.1) is 5.92 Å². The number of carbonyl (C=O) groups is 2. The van der Waals surface area contributed by atoms with Gasteiger partial charge in [-0.15, -0.1) is 0 Å². The monoisotopic (exact) mass is 431 g/mol. The van der Waals surface area contributed by atoms with E-state index in [9.17, 15) is 19.8 Å². The minimum absolute atomic E-state index is 0.0144. The number of ether oxygens (including phenoxy) is 1. The molecule has 1 aromatic carbocycles. The number of phenols is 1. The molecule has 4 atom stereocenters. The first-order chi connectivity index (χ1) is 10.4. The summed E-state index contributed by atoms with van der Waals surface area (Å²) in [5.74, 6) is -3.33. The number of hydrogen-bond acceptors (Lipinski definition) is 4. The topological polar surface area (TPSA) is 95.9 Å². The molecule has 1 fully saturated rings. The van der Waals surface area contributed by atoms with E-state index in [-0.39, 0.29) is 5.75 Å². The highest BCUT2D eigenvalue weighted by Gasteiger charge is 2.58. The van der Waals surface area contributed by atoms with Crippen molar-refractivity contribution < 1.29 is 24.5 Å². The van der Waals surface area contributed by atoms with Gasteiger partial charge in [-0.1, -0.05) is 37.9 Å². The van der Waals surface area contributed by atoms with Crippen molar-refractivity contribution in [1.82, 2.24) is 0 Å². The molecule has 1 aromatic rings. The third-order valence-electron chi connectivity index (χ3n) is 3.76. The van der Waals surface area contributed by atoms with Crippen LogP contribution in [0, 0.1) is 11.8 Å². The number of carbonyl (C=O) groups excluding carboxylic acids is 1. The Kier molecular flexibility index (Phi) is 4.00. The molecule has 3 rings (SSSR count). The van der Waals surface area contributed by atoms with Gasteiger partial charge in [0.1, 0.15) is 23.9 Å². The molecule has 1 saturated heterocycles. The lowest BCUT2D eigenvalue weighted by Crippen LogP contribution is -2.40. The van der Waals surface area contributed by atoms with Gasteiger partial charge < -0.3 is 20.3 Å². The van der Waals surface area contributed by atoms with Crippen LogP contribution in [0.1, 0.15) is 0 Å². The van der Waals surface area contributed by atoms with Gasteiger partial charge in [-0.2, -0.15) is 0 Å². The first-order valence-electron chi connectivity index (χ1n) is 6.43. The summed E-state index contributed by atoms with van der Waals surface area (Å²) in [6.45, 7) is 0. The molecule has 0 aliphatic carbocycles. The Labute approximate surface area is 142 Å². The number of amides is 1. The van der Waals surface area contributed by atoms with Crippen molar-refractivity contribution >= 4 is 49.4 Å². The predicted molar refractivity (Wildman–Crippen MR) is 84.9 cm³/mol. The molecule has 0 unspecified atom stereocenters. The van der Waals surface area contributed by atoms with Crippen molar-refractivity contribution in [2.45, 2.75) is 12.2 Å². The van der Waals surface area contributed by atoms with Crippen LogP contribution in [0.5, 0.6) is 5.75 Å². The van der Waals surface area contributed by atoms with Gasteiger partial charge in [-0.3, -0.25) is 9.59 Å². The molecular formula is C14H11Br2NO5. The van der Waals surface area contributed by atoms with Gasteiger partial charge in [0.15, 0.2) is 0 Å². The molecule has 6 nitrogen and oxygen atoms in total. The fourth-order valence-electron chi connectivity index (χ4n) is 2.80. The number of nitrogens with one attached hydrogen (secondary N) is 1. The molecule has 1 amide bonds. The molecule has 2 aliphatic heterocycles. The summed E-state index contributed by atoms with van der Waals surface area (Å²) in [4.78, 5) is 24.0. The van der Waals surface area contributed by atoms with Crippen molar-refractivity contribution in [3.63, 3.8) is 0 Å². The smallest absolute Gasteiger partial charge is 0.310 e. The van der Waals surface area contributed by atoms with E-state index >= 15 is 0 Å². The van der Waals surface area contributed by atoms with E-state index in [1.807, 2.05) is 0 Å². The number of fused-ring (bicyclic) bond motifs is 2. The van der Waals surface area contributed by atoms with E-state index in [0.29, 0.717) is 14.7 Å². The van der Waals surface area contributed by atoms with Gasteiger partial charge in [-0.25, -0.2) is 0 Å². The molecule has 2 bridgehead atoms. The highest BCUT2D eigenvalue weighted by Crippen LogP contribution is 2.51. The number of rotatable bonds is 3. The van der Waals surface area contributed by atoms with Crippen molar-refractivity contribution in [3.05, 3.63) is 33.2 Å². The summed E-state index contributed by atoms with van der Waals surface area (Å²) in [6, 6.07) is 6.07. The number of phenolic OH excluding ortho intramolecular Hbond substituents is 1. The molecule has 116 valence electrons. The summed E-state index contributed by atoms with van der Waals surface area (Å²) in [6.07, 6.45) is -1.30. The van der Waals surface area contributed by atoms with E-state index in [1.54, 1.807) is 12.1 Å². The molecular weight excluding hydrogens is 422 g/mol. The number of carboxylic acid groups (broad SMARTS) is 1. The summed E-state index contributed by atoms with van der Waals surface area (Å²) in [5.41, 5.74) is 0.399. The zero-order valence-corrected chi connectivity index (χ0v) is 14.2. The number of aromatic hydroxyl groups is 1. The highest BCUT2D eigenvalue weighted by atomic mass is 79.9. The average Bonchev–Trinajstić information content (AvgIpc) is 2.97. The van der Waals surface area contributed by atoms with Crippen molar-refractivity contribution in [3.8, 4) is 5.75 Å². The van der Waals surface area contributed by atoms with Gasteiger partial charge >= 0.3 is 5.97 Å². The lowest BCUT2D eigenvalue weighted by molar-refractivity contribution is -0.146. The first kappa shape index (κ1) is 15.5. The van der Waals surface area contributed by atoms with E-state index in [4.69, 9.17) is 4.74 Å². The fraction of sp³-hybridized carbons (Fsp3) is 0.286. The van der Waals surface area contributed by atoms with Gasteiger partial charge in [0, 0.05) is 20.7 Å². The van der Waals surface area contributed by atoms with Crippen LogP contribution in [-0.4, -0.2) is 34.3 Å². The number of carboxylic acids is 1. The number of hydrogen-bond donors (Lipinski definition) is 3. The summed E-state index contributed by atoms with van der Waals surface area (Å²) in [5, 5.41) is 21.5. The molecule has 0 radical (unpaired) electrons. The van der Waals surface area contributed by atoms with Crippen LogP contribution in [-0.2, 0) is 14.3 Å². The van der Waals surface area contributed by atoms with E-state index in [0.717, 1.165) is 0 Å². The Morgan fingerprint density at radius 1 is 1.14 bits per heavy atom. The average molecular weight is 433 g/mol. The van der Waals surface area contributed by atoms with Crippen LogP contribution in [0.25, 0.3) is 0 Å². The lowest BCUT2D eigenvalue weighted by Gasteiger charge is -2.24. The van der Waals surface area contributed by atoms with Crippen LogP contribution in [0.4, 0.5) is 5.69 Å². The third kappa shape index (κ3) is 2.45. The Morgan fingerprint density at radius 2 is 1.77 bits per heavy atom. The molecule has 0 saturated carbocycles.